The van der Waals surface area contributed by atoms with E-state index in [9.17, 15) is 13.2 Å². The van der Waals surface area contributed by atoms with Crippen LogP contribution in [0.5, 0.6) is 0 Å². The van der Waals surface area contributed by atoms with Crippen LogP contribution in [-0.2, 0) is 16.6 Å². The van der Waals surface area contributed by atoms with Gasteiger partial charge in [-0.15, -0.1) is 0 Å². The molecule has 10 nitrogen and oxygen atoms in total. The number of aromatic amines is 1. The lowest BCUT2D eigenvalue weighted by molar-refractivity contribution is 0.0696. The predicted molar refractivity (Wildman–Crippen MR) is 116 cm³/mol. The molecular weight excluding hydrogens is 420 g/mol. The van der Waals surface area contributed by atoms with Gasteiger partial charge in [-0.25, -0.2) is 22.9 Å². The second-order valence-corrected chi connectivity index (χ2v) is 9.13. The molecule has 0 radical (unpaired) electrons. The Labute approximate surface area is 180 Å². The normalized spacial score (nSPS) is 18.9. The van der Waals surface area contributed by atoms with Crippen molar-refractivity contribution in [1.29, 1.82) is 0 Å². The molecule has 31 heavy (non-hydrogen) atoms. The van der Waals surface area contributed by atoms with Gasteiger partial charge in [0, 0.05) is 30.2 Å². The van der Waals surface area contributed by atoms with Crippen LogP contribution in [-0.4, -0.2) is 46.8 Å². The maximum Gasteiger partial charge on any atom is 0.337 e. The molecule has 0 saturated heterocycles. The number of fused-ring (bicyclic) bond motifs is 1. The molecule has 11 heteroatoms. The van der Waals surface area contributed by atoms with Gasteiger partial charge in [0.2, 0.25) is 10.0 Å². The second-order valence-electron chi connectivity index (χ2n) is 7.42. The molecule has 4 rings (SSSR count). The third kappa shape index (κ3) is 6.07. The zero-order valence-corrected chi connectivity index (χ0v) is 17.7. The topological polar surface area (TPSA) is 177 Å². The Balaban J connectivity index is 0.000000194. The lowest BCUT2D eigenvalue weighted by Crippen LogP contribution is -2.40. The van der Waals surface area contributed by atoms with E-state index in [2.05, 4.69) is 19.9 Å². The highest BCUT2D eigenvalue weighted by Gasteiger charge is 2.24. The van der Waals surface area contributed by atoms with E-state index in [1.807, 2.05) is 0 Å². The van der Waals surface area contributed by atoms with E-state index in [1.165, 1.54) is 18.5 Å². The molecule has 1 aliphatic rings. The lowest BCUT2D eigenvalue weighted by Gasteiger charge is -2.26. The Hall–Kier alpha value is -2.86. The van der Waals surface area contributed by atoms with Crippen LogP contribution < -0.4 is 16.2 Å². The summed E-state index contributed by atoms with van der Waals surface area (Å²) in [5.41, 5.74) is 13.0. The highest BCUT2D eigenvalue weighted by atomic mass is 32.2. The molecule has 1 fully saturated rings. The first-order valence-electron chi connectivity index (χ1n) is 9.88. The molecule has 166 valence electrons. The average Bonchev–Trinajstić information content (AvgIpc) is 3.23. The second kappa shape index (κ2) is 9.96. The van der Waals surface area contributed by atoms with Crippen LogP contribution >= 0.6 is 0 Å². The van der Waals surface area contributed by atoms with Crippen molar-refractivity contribution in [3.63, 3.8) is 0 Å². The van der Waals surface area contributed by atoms with Crippen molar-refractivity contribution in [3.05, 3.63) is 53.9 Å². The summed E-state index contributed by atoms with van der Waals surface area (Å²) < 4.78 is 27.2. The van der Waals surface area contributed by atoms with Gasteiger partial charge in [0.15, 0.2) is 5.65 Å². The van der Waals surface area contributed by atoms with Crippen LogP contribution in [0, 0.1) is 0 Å². The number of benzene rings is 1. The molecule has 3 aromatic rings. The van der Waals surface area contributed by atoms with Gasteiger partial charge in [-0.1, -0.05) is 12.1 Å². The van der Waals surface area contributed by atoms with E-state index in [0.717, 1.165) is 31.2 Å². The van der Waals surface area contributed by atoms with Gasteiger partial charge in [0.05, 0.1) is 16.7 Å². The monoisotopic (exact) mass is 446 g/mol. The van der Waals surface area contributed by atoms with Crippen molar-refractivity contribution < 1.29 is 18.3 Å². The van der Waals surface area contributed by atoms with Gasteiger partial charge in [-0.2, -0.15) is 5.10 Å². The zero-order valence-electron chi connectivity index (χ0n) is 16.9. The molecule has 0 spiro atoms. The van der Waals surface area contributed by atoms with Crippen molar-refractivity contribution >= 4 is 27.0 Å². The van der Waals surface area contributed by atoms with E-state index >= 15 is 0 Å². The highest BCUT2D eigenvalue weighted by molar-refractivity contribution is 7.89. The summed E-state index contributed by atoms with van der Waals surface area (Å²) in [6.45, 7) is 0.411. The van der Waals surface area contributed by atoms with Gasteiger partial charge < -0.3 is 16.6 Å². The number of nitrogens with two attached hydrogens (primary N) is 2. The number of hydrogen-bond acceptors (Lipinski definition) is 7. The van der Waals surface area contributed by atoms with Gasteiger partial charge in [0.25, 0.3) is 0 Å². The first kappa shape index (κ1) is 22.8. The third-order valence-corrected chi connectivity index (χ3v) is 6.64. The molecule has 0 aliphatic heterocycles. The quantitative estimate of drug-likeness (QED) is 0.390. The predicted octanol–water partition coefficient (Wildman–Crippen LogP) is 1.35. The number of aromatic carboxylic acids is 1. The number of nitrogens with zero attached hydrogens (tertiary/aromatic N) is 2. The van der Waals surface area contributed by atoms with Crippen molar-refractivity contribution in [3.8, 4) is 0 Å². The standard InChI is InChI=1S/C13H21N3O2S.C7H5N3O2/c14-9-10-1-7-13(8-2-10)19(17,18)16-12-5-3-11(15)4-6-12;11-7(12)5-1-4-3-9-10-6(4)8-2-5/h1-2,7-8,11-12,16H,3-6,9,14-15H2;1-3H,(H,11,12)(H,8,9,10). The summed E-state index contributed by atoms with van der Waals surface area (Å²) in [5.74, 6) is -0.981. The fourth-order valence-corrected chi connectivity index (χ4v) is 4.59. The summed E-state index contributed by atoms with van der Waals surface area (Å²) in [5, 5.41) is 15.7. The van der Waals surface area contributed by atoms with E-state index in [4.69, 9.17) is 16.6 Å². The first-order valence-corrected chi connectivity index (χ1v) is 11.4. The minimum absolute atomic E-state index is 0.000940. The van der Waals surface area contributed by atoms with Gasteiger partial charge in [-0.3, -0.25) is 5.10 Å². The minimum atomic E-state index is -3.43. The zero-order chi connectivity index (χ0) is 22.4. The van der Waals surface area contributed by atoms with Gasteiger partial charge in [0.1, 0.15) is 0 Å². The maximum absolute atomic E-state index is 12.2. The Morgan fingerprint density at radius 3 is 2.45 bits per heavy atom. The minimum Gasteiger partial charge on any atom is -0.478 e. The van der Waals surface area contributed by atoms with Crippen LogP contribution in [0.3, 0.4) is 0 Å². The lowest BCUT2D eigenvalue weighted by atomic mass is 9.93. The average molecular weight is 447 g/mol. The number of aromatic nitrogens is 3. The number of carboxylic acids is 1. The number of hydrogen-bond donors (Lipinski definition) is 5. The number of nitrogens with one attached hydrogen (secondary N) is 2. The molecule has 1 saturated carbocycles. The Kier molecular flexibility index (Phi) is 7.33. The molecular formula is C20H26N6O4S. The van der Waals surface area contributed by atoms with Crippen LogP contribution in [0.4, 0.5) is 0 Å². The van der Waals surface area contributed by atoms with Crippen LogP contribution in [0.15, 0.2) is 47.6 Å². The molecule has 0 unspecified atom stereocenters. The van der Waals surface area contributed by atoms with Crippen molar-refractivity contribution in [2.45, 2.75) is 49.2 Å². The van der Waals surface area contributed by atoms with E-state index in [-0.39, 0.29) is 17.6 Å². The van der Waals surface area contributed by atoms with Gasteiger partial charge in [-0.05, 0) is 49.4 Å². The number of rotatable bonds is 5. The largest absolute Gasteiger partial charge is 0.478 e. The fourth-order valence-electron chi connectivity index (χ4n) is 3.28. The van der Waals surface area contributed by atoms with Gasteiger partial charge >= 0.3 is 5.97 Å². The number of carbonyl (C=O) groups is 1. The Morgan fingerprint density at radius 2 is 1.84 bits per heavy atom. The maximum atomic E-state index is 12.2. The van der Waals surface area contributed by atoms with Crippen LogP contribution in [0.1, 0.15) is 41.6 Å². The van der Waals surface area contributed by atoms with Crippen molar-refractivity contribution in [2.24, 2.45) is 11.5 Å². The van der Waals surface area contributed by atoms with Crippen molar-refractivity contribution in [2.75, 3.05) is 0 Å². The van der Waals surface area contributed by atoms with Crippen molar-refractivity contribution in [1.82, 2.24) is 19.9 Å². The summed E-state index contributed by atoms with van der Waals surface area (Å²) in [7, 11) is -3.43. The van der Waals surface area contributed by atoms with E-state index in [1.54, 1.807) is 24.3 Å². The smallest absolute Gasteiger partial charge is 0.337 e. The molecule has 1 aliphatic carbocycles. The Morgan fingerprint density at radius 1 is 1.16 bits per heavy atom. The number of sulfonamides is 1. The van der Waals surface area contributed by atoms with E-state index < -0.39 is 16.0 Å². The molecule has 0 atom stereocenters. The highest BCUT2D eigenvalue weighted by Crippen LogP contribution is 2.19. The van der Waals surface area contributed by atoms with E-state index in [0.29, 0.717) is 22.5 Å². The molecule has 2 heterocycles. The summed E-state index contributed by atoms with van der Waals surface area (Å²) in [6.07, 6.45) is 6.19. The number of carboxylic acid groups (broad SMARTS) is 1. The molecule has 1 aromatic carbocycles. The van der Waals surface area contributed by atoms with Crippen LogP contribution in [0.2, 0.25) is 0 Å². The third-order valence-electron chi connectivity index (χ3n) is 5.10. The summed E-state index contributed by atoms with van der Waals surface area (Å²) in [4.78, 5) is 14.7. The molecule has 7 N–H and O–H groups in total. The summed E-state index contributed by atoms with van der Waals surface area (Å²) >= 11 is 0. The molecule has 0 bridgehead atoms. The molecule has 2 aromatic heterocycles. The Bertz CT molecular complexity index is 1120. The first-order chi connectivity index (χ1) is 14.8. The number of pyridine rings is 1. The molecule has 0 amide bonds. The van der Waals surface area contributed by atoms with Crippen LogP contribution in [0.25, 0.3) is 11.0 Å². The number of H-pyrrole nitrogens is 1. The fraction of sp³-hybridized carbons (Fsp3) is 0.350. The summed E-state index contributed by atoms with van der Waals surface area (Å²) in [6, 6.07) is 8.41. The SMILES string of the molecule is NCc1ccc(S(=O)(=O)NC2CCC(N)CC2)cc1.O=C(O)c1cnc2[nH]ncc2c1.